The molecule has 0 aliphatic heterocycles. The first-order chi connectivity index (χ1) is 20.9. The maximum atomic E-state index is 13.0. The highest BCUT2D eigenvalue weighted by Gasteiger charge is 2.18. The molecule has 0 fully saturated rings. The van der Waals surface area contributed by atoms with Gasteiger partial charge >= 0.3 is 0 Å². The molecule has 0 saturated carbocycles. The molecule has 2 N–H and O–H groups in total. The van der Waals surface area contributed by atoms with Crippen LogP contribution in [-0.4, -0.2) is 57.8 Å². The maximum Gasteiger partial charge on any atom is 0.297 e. The smallest absolute Gasteiger partial charge is 0.297 e. The first kappa shape index (κ1) is 29.9. The number of benzene rings is 3. The lowest BCUT2D eigenvalue weighted by atomic mass is 9.98. The molecule has 43 heavy (non-hydrogen) atoms. The molecule has 0 saturated heterocycles. The van der Waals surface area contributed by atoms with Gasteiger partial charge in [0.2, 0.25) is 5.82 Å². The van der Waals surface area contributed by atoms with E-state index in [1.54, 1.807) is 24.3 Å². The monoisotopic (exact) mass is 601 g/mol. The minimum Gasteiger partial charge on any atom is -0.320 e. The first-order valence-corrected chi connectivity index (χ1v) is 13.9. The van der Waals surface area contributed by atoms with E-state index in [9.17, 15) is 9.59 Å². The van der Waals surface area contributed by atoms with Gasteiger partial charge in [0.25, 0.3) is 5.91 Å². The van der Waals surface area contributed by atoms with Gasteiger partial charge in [-0.1, -0.05) is 90.4 Å². The van der Waals surface area contributed by atoms with Crippen LogP contribution >= 0.6 is 11.6 Å². The van der Waals surface area contributed by atoms with E-state index in [1.165, 1.54) is 0 Å². The van der Waals surface area contributed by atoms with Gasteiger partial charge in [-0.15, -0.1) is 10.2 Å². The molecule has 220 valence electrons. The molecule has 0 radical (unpaired) electrons. The van der Waals surface area contributed by atoms with Crippen molar-refractivity contribution in [3.05, 3.63) is 106 Å². The van der Waals surface area contributed by atoms with E-state index in [1.807, 2.05) is 53.1 Å². The van der Waals surface area contributed by atoms with Gasteiger partial charge in [0.1, 0.15) is 11.5 Å². The van der Waals surface area contributed by atoms with Crippen molar-refractivity contribution in [1.29, 1.82) is 0 Å². The minimum atomic E-state index is -0.480. The fourth-order valence-electron chi connectivity index (χ4n) is 4.60. The molecule has 3 aromatic carbocycles. The van der Waals surface area contributed by atoms with E-state index in [-0.39, 0.29) is 23.0 Å². The molecule has 0 amide bonds. The summed E-state index contributed by atoms with van der Waals surface area (Å²) >= 11 is 6.24. The molecule has 2 heterocycles. The summed E-state index contributed by atoms with van der Waals surface area (Å²) in [5.74, 6) is 0.594. The normalized spacial score (nSPS) is 11.3. The Morgan fingerprint density at radius 1 is 1.00 bits per heavy atom. The Morgan fingerprint density at radius 3 is 2.37 bits per heavy atom. The van der Waals surface area contributed by atoms with Crippen LogP contribution in [0, 0.1) is 0 Å². The number of aromatic nitrogens is 6. The van der Waals surface area contributed by atoms with Gasteiger partial charge in [0.15, 0.2) is 11.4 Å². The average molecular weight is 602 g/mol. The number of carbonyl (C=O) groups is 2. The molecule has 0 aliphatic rings. The number of aryl methyl sites for hydroxylation is 1. The lowest BCUT2D eigenvalue weighted by molar-refractivity contribution is -0.497. The minimum absolute atomic E-state index is 0.0946. The van der Waals surface area contributed by atoms with Crippen molar-refractivity contribution >= 4 is 23.8 Å². The van der Waals surface area contributed by atoms with E-state index in [0.29, 0.717) is 28.9 Å². The number of aldehydes is 1. The molecular weight excluding hydrogens is 574 g/mol. The van der Waals surface area contributed by atoms with Crippen molar-refractivity contribution in [2.75, 3.05) is 0 Å². The molecule has 12 nitrogen and oxygen atoms in total. The zero-order valence-corrected chi connectivity index (χ0v) is 23.9. The highest BCUT2D eigenvalue weighted by molar-refractivity contribution is 6.31. The van der Waals surface area contributed by atoms with Crippen LogP contribution in [-0.2, 0) is 24.4 Å². The number of nitrogens with zero attached hydrogens (tertiary/aromatic N) is 7. The van der Waals surface area contributed by atoms with Gasteiger partial charge in [-0.2, -0.15) is 0 Å². The second kappa shape index (κ2) is 13.6. The molecule has 0 unspecified atom stereocenters. The first-order valence-electron chi connectivity index (χ1n) is 13.5. The second-order valence-electron chi connectivity index (χ2n) is 9.68. The summed E-state index contributed by atoms with van der Waals surface area (Å²) in [5, 5.41) is 29.7. The third-order valence-electron chi connectivity index (χ3n) is 6.82. The van der Waals surface area contributed by atoms with Crippen LogP contribution in [0.1, 0.15) is 57.6 Å². The Labute approximate surface area is 251 Å². The van der Waals surface area contributed by atoms with Crippen LogP contribution in [0.3, 0.4) is 0 Å². The van der Waals surface area contributed by atoms with E-state index < -0.39 is 5.91 Å². The predicted octanol–water partition coefficient (Wildman–Crippen LogP) is 5.26. The van der Waals surface area contributed by atoms with Crippen LogP contribution < -0.4 is 0 Å². The van der Waals surface area contributed by atoms with E-state index >= 15 is 0 Å². The summed E-state index contributed by atoms with van der Waals surface area (Å²) in [5.41, 5.74) is 4.75. The summed E-state index contributed by atoms with van der Waals surface area (Å²) in [7, 11) is 0. The molecule has 5 aromatic rings. The number of carbonyl (C=O) groups excluding carboxylic acids is 2. The number of imidazole rings is 1. The summed E-state index contributed by atoms with van der Waals surface area (Å²) < 4.78 is 1.87. The molecule has 2 aromatic heterocycles. The van der Waals surface area contributed by atoms with Crippen molar-refractivity contribution in [2.45, 2.75) is 39.3 Å². The van der Waals surface area contributed by atoms with Gasteiger partial charge < -0.3 is 4.57 Å². The molecule has 0 spiro atoms. The van der Waals surface area contributed by atoms with E-state index in [2.05, 4.69) is 32.2 Å². The third-order valence-corrected chi connectivity index (χ3v) is 7.10. The van der Waals surface area contributed by atoms with Crippen LogP contribution in [0.4, 0.5) is 0 Å². The van der Waals surface area contributed by atoms with Gasteiger partial charge in [-0.25, -0.2) is 9.82 Å². The Morgan fingerprint density at radius 2 is 1.70 bits per heavy atom. The number of hydrogen-bond donors (Lipinski definition) is 2. The predicted molar refractivity (Wildman–Crippen MR) is 155 cm³/mol. The van der Waals surface area contributed by atoms with Crippen molar-refractivity contribution < 1.29 is 24.8 Å². The molecule has 5 rings (SSSR count). The van der Waals surface area contributed by atoms with Crippen molar-refractivity contribution in [1.82, 2.24) is 35.1 Å². The molecule has 13 heteroatoms. The van der Waals surface area contributed by atoms with Crippen molar-refractivity contribution in [3.63, 3.8) is 0 Å². The van der Waals surface area contributed by atoms with Crippen molar-refractivity contribution in [2.24, 2.45) is 0 Å². The highest BCUT2D eigenvalue weighted by Crippen LogP contribution is 2.30. The molecule has 0 bridgehead atoms. The van der Waals surface area contributed by atoms with Crippen LogP contribution in [0.15, 0.2) is 72.8 Å². The van der Waals surface area contributed by atoms with Crippen LogP contribution in [0.2, 0.25) is 5.15 Å². The van der Waals surface area contributed by atoms with Crippen molar-refractivity contribution in [3.8, 4) is 22.5 Å². The maximum absolute atomic E-state index is 13.0. The average Bonchev–Trinajstić information content (AvgIpc) is 3.63. The number of unbranched alkanes of at least 4 members (excludes halogenated alkanes) is 1. The van der Waals surface area contributed by atoms with Gasteiger partial charge in [-0.3, -0.25) is 20.0 Å². The zero-order chi connectivity index (χ0) is 30.3. The summed E-state index contributed by atoms with van der Waals surface area (Å²) in [6.07, 6.45) is 3.43. The number of hydrogen-bond acceptors (Lipinski definition) is 10. The fraction of sp³-hybridized carbons (Fsp3) is 0.200. The summed E-state index contributed by atoms with van der Waals surface area (Å²) in [6, 6.07) is 21.8. The summed E-state index contributed by atoms with van der Waals surface area (Å²) in [6.45, 7) is 2.47. The third kappa shape index (κ3) is 6.91. The van der Waals surface area contributed by atoms with E-state index in [0.717, 1.165) is 52.9 Å². The topological polar surface area (TPSA) is 148 Å². The van der Waals surface area contributed by atoms with Crippen LogP contribution in [0.25, 0.3) is 22.5 Å². The molecular formula is C30H28ClN7O5. The largest absolute Gasteiger partial charge is 0.320 e. The fourth-order valence-corrected chi connectivity index (χ4v) is 4.84. The second-order valence-corrected chi connectivity index (χ2v) is 10.0. The number of halogens is 1. The van der Waals surface area contributed by atoms with Crippen LogP contribution in [0.5, 0.6) is 0 Å². The molecule has 0 aliphatic carbocycles. The Hall–Kier alpha value is -4.59. The quantitative estimate of drug-likeness (QED) is 0.143. The van der Waals surface area contributed by atoms with E-state index in [4.69, 9.17) is 22.0 Å². The lowest BCUT2D eigenvalue weighted by Gasteiger charge is -2.11. The molecule has 0 atom stereocenters. The number of rotatable bonds is 12. The van der Waals surface area contributed by atoms with Gasteiger partial charge in [0, 0.05) is 24.1 Å². The van der Waals surface area contributed by atoms with Gasteiger partial charge in [-0.05, 0) is 46.0 Å². The summed E-state index contributed by atoms with van der Waals surface area (Å²) in [4.78, 5) is 34.6. The lowest BCUT2D eigenvalue weighted by Crippen LogP contribution is -2.16. The Bertz CT molecular complexity index is 1720. The SMILES string of the molecule is CCCCc1nc(Cl)c(C=O)n1Cc1ccc(-c2ccccc2-c2nnn(C(=O)c3ccc(CON(O)O)cc3)n2)cc1. The Balaban J connectivity index is 1.35. The number of tetrazole rings is 1. The Kier molecular flexibility index (Phi) is 9.45. The highest BCUT2D eigenvalue weighted by atomic mass is 35.5. The zero-order valence-electron chi connectivity index (χ0n) is 23.2. The standard InChI is InChI=1S/C30H28ClN7O5/c1-2-3-8-27-32-28(31)26(18-39)36(27)17-20-9-13-22(14-10-20)24-6-4-5-7-25(24)29-33-35-37(34-29)30(40)23-15-11-21(12-16-23)19-43-38(41)42/h4-7,9-16,18,41-42H,2-3,8,17,19H2,1H3. The van der Waals surface area contributed by atoms with Gasteiger partial charge in [0.05, 0.1) is 12.0 Å².